The molecule has 2 aromatic heterocycles. The summed E-state index contributed by atoms with van der Waals surface area (Å²) in [5.41, 5.74) is 0.111. The molecule has 0 unspecified atom stereocenters. The third kappa shape index (κ3) is 2.85. The Morgan fingerprint density at radius 1 is 1.23 bits per heavy atom. The normalized spacial score (nSPS) is 10.8. The van der Waals surface area contributed by atoms with Crippen LogP contribution in [-0.4, -0.2) is 31.1 Å². The van der Waals surface area contributed by atoms with Crippen LogP contribution in [0.3, 0.4) is 0 Å². The highest BCUT2D eigenvalue weighted by Gasteiger charge is 2.20. The largest absolute Gasteiger partial charge is 0.332 e. The predicted octanol–water partition coefficient (Wildman–Crippen LogP) is 0.653. The minimum Gasteiger partial charge on any atom is -0.328 e. The lowest BCUT2D eigenvalue weighted by molar-refractivity contribution is -0.119. The zero-order valence-electron chi connectivity index (χ0n) is 14.6. The molecule has 0 bridgehead atoms. The van der Waals surface area contributed by atoms with E-state index in [1.165, 1.54) is 27.4 Å². The molecule has 0 radical (unpaired) electrons. The molecule has 0 saturated heterocycles. The average Bonchev–Trinajstić information content (AvgIpc) is 3.04. The van der Waals surface area contributed by atoms with Crippen LogP contribution in [0.5, 0.6) is 0 Å². The highest BCUT2D eigenvalue weighted by Crippen LogP contribution is 2.13. The van der Waals surface area contributed by atoms with Gasteiger partial charge < -0.3 is 9.47 Å². The molecule has 0 N–H and O–H groups in total. The lowest BCUT2D eigenvalue weighted by atomic mass is 10.2. The molecular weight excluding hydrogens is 334 g/mol. The van der Waals surface area contributed by atoms with E-state index in [1.54, 1.807) is 25.3 Å². The number of amides is 1. The molecule has 3 rings (SSSR count). The second-order valence-electron chi connectivity index (χ2n) is 5.89. The molecule has 0 saturated carbocycles. The molecular formula is C18H19N5O3. The molecule has 0 spiro atoms. The third-order valence-electron chi connectivity index (χ3n) is 4.17. The van der Waals surface area contributed by atoms with Crippen LogP contribution in [0.1, 0.15) is 0 Å². The van der Waals surface area contributed by atoms with E-state index in [2.05, 4.69) is 11.6 Å². The number of hydrogen-bond donors (Lipinski definition) is 0. The zero-order valence-corrected chi connectivity index (χ0v) is 14.6. The minimum absolute atomic E-state index is 0.270. The monoisotopic (exact) mass is 353 g/mol. The van der Waals surface area contributed by atoms with Gasteiger partial charge in [-0.15, -0.1) is 6.58 Å². The van der Waals surface area contributed by atoms with Crippen LogP contribution >= 0.6 is 0 Å². The van der Waals surface area contributed by atoms with Crippen LogP contribution in [-0.2, 0) is 25.4 Å². The quantitative estimate of drug-likeness (QED) is 0.631. The fraction of sp³-hybridized carbons (Fsp3) is 0.222. The Labute approximate surface area is 149 Å². The van der Waals surface area contributed by atoms with Gasteiger partial charge in [-0.05, 0) is 12.1 Å². The molecule has 1 amide bonds. The highest BCUT2D eigenvalue weighted by atomic mass is 16.2. The Kier molecular flexibility index (Phi) is 4.57. The maximum absolute atomic E-state index is 12.8. The second kappa shape index (κ2) is 6.83. The fourth-order valence-corrected chi connectivity index (χ4v) is 2.84. The van der Waals surface area contributed by atoms with E-state index >= 15 is 0 Å². The molecule has 1 aromatic carbocycles. The molecule has 0 aliphatic heterocycles. The van der Waals surface area contributed by atoms with E-state index < -0.39 is 11.2 Å². The first-order valence-corrected chi connectivity index (χ1v) is 8.03. The fourth-order valence-electron chi connectivity index (χ4n) is 2.84. The topological polar surface area (TPSA) is 82.1 Å². The first-order chi connectivity index (χ1) is 12.5. The van der Waals surface area contributed by atoms with Gasteiger partial charge in [0, 0.05) is 26.3 Å². The molecule has 2 heterocycles. The molecule has 0 aliphatic rings. The number of aromatic nitrogens is 4. The van der Waals surface area contributed by atoms with Crippen LogP contribution in [0.2, 0.25) is 0 Å². The van der Waals surface area contributed by atoms with Gasteiger partial charge in [0.1, 0.15) is 6.54 Å². The van der Waals surface area contributed by atoms with Crippen LogP contribution < -0.4 is 16.1 Å². The number of imidazole rings is 1. The maximum atomic E-state index is 12.8. The van der Waals surface area contributed by atoms with E-state index in [9.17, 15) is 14.4 Å². The molecule has 8 heteroatoms. The summed E-state index contributed by atoms with van der Waals surface area (Å²) in [7, 11) is 3.19. The van der Waals surface area contributed by atoms with Crippen molar-refractivity contribution in [1.29, 1.82) is 0 Å². The Hall–Kier alpha value is -3.42. The van der Waals surface area contributed by atoms with E-state index in [-0.39, 0.29) is 30.2 Å². The second-order valence-corrected chi connectivity index (χ2v) is 5.89. The van der Waals surface area contributed by atoms with Crippen molar-refractivity contribution in [2.75, 3.05) is 11.4 Å². The minimum atomic E-state index is -0.582. The Morgan fingerprint density at radius 3 is 2.58 bits per heavy atom. The van der Waals surface area contributed by atoms with Crippen LogP contribution in [0.25, 0.3) is 11.2 Å². The lowest BCUT2D eigenvalue weighted by Crippen LogP contribution is -2.44. The lowest BCUT2D eigenvalue weighted by Gasteiger charge is -2.21. The summed E-state index contributed by atoms with van der Waals surface area (Å²) in [6.45, 7) is 3.57. The van der Waals surface area contributed by atoms with Gasteiger partial charge in [0.15, 0.2) is 11.2 Å². The molecule has 134 valence electrons. The standard InChI is InChI=1S/C18H19N5O3/c1-4-10-22(13-8-6-5-7-9-13)14(24)11-23-17(25)15-16(19-12-20(15)2)21(3)18(23)26/h4-9,12H,1,10-11H2,2-3H3. The summed E-state index contributed by atoms with van der Waals surface area (Å²) in [4.78, 5) is 43.7. The van der Waals surface area contributed by atoms with Crippen molar-refractivity contribution in [2.45, 2.75) is 6.54 Å². The number of carbonyl (C=O) groups excluding carboxylic acids is 1. The van der Waals surface area contributed by atoms with E-state index in [0.717, 1.165) is 4.57 Å². The number of benzene rings is 1. The van der Waals surface area contributed by atoms with Gasteiger partial charge in [0.25, 0.3) is 5.56 Å². The number of rotatable bonds is 5. The molecule has 0 fully saturated rings. The molecule has 0 aliphatic carbocycles. The van der Waals surface area contributed by atoms with Gasteiger partial charge in [-0.25, -0.2) is 14.3 Å². The SMILES string of the molecule is C=CCN(C(=O)Cn1c(=O)c2c(ncn2C)n(C)c1=O)c1ccccc1. The molecule has 26 heavy (non-hydrogen) atoms. The number of nitrogens with zero attached hydrogens (tertiary/aromatic N) is 5. The van der Waals surface area contributed by atoms with E-state index in [4.69, 9.17) is 0 Å². The summed E-state index contributed by atoms with van der Waals surface area (Å²) >= 11 is 0. The summed E-state index contributed by atoms with van der Waals surface area (Å²) in [5.74, 6) is -0.378. The molecule has 3 aromatic rings. The summed E-state index contributed by atoms with van der Waals surface area (Å²) < 4.78 is 3.74. The Balaban J connectivity index is 2.06. The van der Waals surface area contributed by atoms with Gasteiger partial charge in [0.05, 0.1) is 6.33 Å². The van der Waals surface area contributed by atoms with Crippen molar-refractivity contribution < 1.29 is 4.79 Å². The number of hydrogen-bond acceptors (Lipinski definition) is 4. The van der Waals surface area contributed by atoms with Gasteiger partial charge in [-0.1, -0.05) is 24.3 Å². The average molecular weight is 353 g/mol. The van der Waals surface area contributed by atoms with Crippen molar-refractivity contribution in [3.63, 3.8) is 0 Å². The van der Waals surface area contributed by atoms with Gasteiger partial charge >= 0.3 is 5.69 Å². The Morgan fingerprint density at radius 2 is 1.92 bits per heavy atom. The number of para-hydroxylation sites is 1. The predicted molar refractivity (Wildman–Crippen MR) is 99.2 cm³/mol. The van der Waals surface area contributed by atoms with Crippen molar-refractivity contribution in [2.24, 2.45) is 14.1 Å². The smallest absolute Gasteiger partial charge is 0.328 e. The van der Waals surface area contributed by atoms with Gasteiger partial charge in [0.2, 0.25) is 5.91 Å². The van der Waals surface area contributed by atoms with E-state index in [0.29, 0.717) is 5.69 Å². The first-order valence-electron chi connectivity index (χ1n) is 8.03. The number of anilines is 1. The highest BCUT2D eigenvalue weighted by molar-refractivity contribution is 5.93. The number of aryl methyl sites for hydroxylation is 2. The summed E-state index contributed by atoms with van der Waals surface area (Å²) in [6.07, 6.45) is 3.06. The van der Waals surface area contributed by atoms with Crippen LogP contribution in [0.4, 0.5) is 5.69 Å². The summed E-state index contributed by atoms with van der Waals surface area (Å²) in [5, 5.41) is 0. The van der Waals surface area contributed by atoms with Crippen molar-refractivity contribution in [3.8, 4) is 0 Å². The Bertz CT molecular complexity index is 1090. The van der Waals surface area contributed by atoms with Gasteiger partial charge in [-0.2, -0.15) is 0 Å². The molecule has 0 atom stereocenters. The third-order valence-corrected chi connectivity index (χ3v) is 4.17. The number of carbonyl (C=O) groups is 1. The van der Waals surface area contributed by atoms with Crippen LogP contribution in [0.15, 0.2) is 58.9 Å². The molecule has 8 nitrogen and oxygen atoms in total. The maximum Gasteiger partial charge on any atom is 0.332 e. The zero-order chi connectivity index (χ0) is 18.8. The van der Waals surface area contributed by atoms with Crippen molar-refractivity contribution in [3.05, 3.63) is 70.2 Å². The van der Waals surface area contributed by atoms with Crippen molar-refractivity contribution >= 4 is 22.8 Å². The number of fused-ring (bicyclic) bond motifs is 1. The first kappa shape index (κ1) is 17.4. The van der Waals surface area contributed by atoms with E-state index in [1.807, 2.05) is 18.2 Å². The van der Waals surface area contributed by atoms with Gasteiger partial charge in [-0.3, -0.25) is 14.2 Å². The van der Waals surface area contributed by atoms with Crippen LogP contribution in [0, 0.1) is 0 Å². The van der Waals surface area contributed by atoms with Crippen molar-refractivity contribution in [1.82, 2.24) is 18.7 Å². The summed E-state index contributed by atoms with van der Waals surface area (Å²) in [6, 6.07) is 9.03.